The van der Waals surface area contributed by atoms with E-state index in [-0.39, 0.29) is 23.5 Å². The molecule has 0 bridgehead atoms. The Morgan fingerprint density at radius 3 is 2.62 bits per heavy atom. The van der Waals surface area contributed by atoms with Gasteiger partial charge in [0.05, 0.1) is 10.9 Å². The van der Waals surface area contributed by atoms with Crippen LogP contribution in [0.1, 0.15) is 48.2 Å². The molecule has 166 valence electrons. The second-order valence-corrected chi connectivity index (χ2v) is 11.5. The Morgan fingerprint density at radius 1 is 1.12 bits per heavy atom. The maximum atomic E-state index is 12.9. The average molecular weight is 486 g/mol. The first kappa shape index (κ1) is 22.8. The Kier molecular flexibility index (Phi) is 7.17. The highest BCUT2D eigenvalue weighted by Gasteiger charge is 2.22. The normalized spacial score (nSPS) is 13.9. The first-order chi connectivity index (χ1) is 15.4. The van der Waals surface area contributed by atoms with Crippen molar-refractivity contribution in [1.29, 1.82) is 0 Å². The molecule has 1 N–H and O–H groups in total. The molecule has 1 aromatic heterocycles. The lowest BCUT2D eigenvalue weighted by atomic mass is 10.0. The van der Waals surface area contributed by atoms with E-state index in [1.807, 2.05) is 6.92 Å². The first-order valence-electron chi connectivity index (χ1n) is 10.2. The van der Waals surface area contributed by atoms with Gasteiger partial charge in [-0.1, -0.05) is 73.0 Å². The number of ether oxygens (including phenoxy) is 1. The highest BCUT2D eigenvalue weighted by atomic mass is 32.2. The third kappa shape index (κ3) is 5.51. The van der Waals surface area contributed by atoms with Crippen LogP contribution in [0.2, 0.25) is 0 Å². The van der Waals surface area contributed by atoms with Crippen LogP contribution in [0, 0.1) is 0 Å². The SMILES string of the molecule is CC(Sc1nnc(SCc2ccc(C(C)C)cc2)s1)C(=O)c1ccc2c(c1)NC(=O)CO2. The molecule has 32 heavy (non-hydrogen) atoms. The van der Waals surface area contributed by atoms with Gasteiger partial charge in [-0.3, -0.25) is 9.59 Å². The molecule has 0 radical (unpaired) electrons. The van der Waals surface area contributed by atoms with E-state index in [9.17, 15) is 9.59 Å². The minimum Gasteiger partial charge on any atom is -0.482 e. The number of ketones is 1. The molecule has 6 nitrogen and oxygen atoms in total. The second-order valence-electron chi connectivity index (χ2n) is 7.69. The Hall–Kier alpha value is -2.36. The monoisotopic (exact) mass is 485 g/mol. The number of hydrogen-bond acceptors (Lipinski definition) is 8. The van der Waals surface area contributed by atoms with Gasteiger partial charge in [0.25, 0.3) is 5.91 Å². The van der Waals surface area contributed by atoms with Gasteiger partial charge in [0.15, 0.2) is 21.1 Å². The van der Waals surface area contributed by atoms with Crippen LogP contribution < -0.4 is 10.1 Å². The van der Waals surface area contributed by atoms with Gasteiger partial charge in [-0.05, 0) is 42.2 Å². The van der Waals surface area contributed by atoms with Gasteiger partial charge in [0.2, 0.25) is 0 Å². The average Bonchev–Trinajstić information content (AvgIpc) is 3.24. The molecule has 9 heteroatoms. The summed E-state index contributed by atoms with van der Waals surface area (Å²) in [5.41, 5.74) is 3.63. The third-order valence-electron chi connectivity index (χ3n) is 4.94. The first-order valence-corrected chi connectivity index (χ1v) is 12.9. The van der Waals surface area contributed by atoms with Crippen molar-refractivity contribution < 1.29 is 14.3 Å². The van der Waals surface area contributed by atoms with E-state index in [4.69, 9.17) is 4.74 Å². The number of Topliss-reactive ketones (excluding diaryl/α,β-unsaturated/α-hetero) is 1. The van der Waals surface area contributed by atoms with Gasteiger partial charge >= 0.3 is 0 Å². The van der Waals surface area contributed by atoms with Crippen LogP contribution in [0.3, 0.4) is 0 Å². The van der Waals surface area contributed by atoms with Crippen molar-refractivity contribution >= 4 is 52.2 Å². The summed E-state index contributed by atoms with van der Waals surface area (Å²) in [7, 11) is 0. The van der Waals surface area contributed by atoms with Crippen LogP contribution in [0.15, 0.2) is 51.1 Å². The standard InChI is InChI=1S/C23H23N3O3S3/c1-13(2)16-6-4-15(5-7-16)12-30-22-25-26-23(32-22)31-14(3)21(28)17-8-9-19-18(10-17)24-20(27)11-29-19/h4-10,13-14H,11-12H2,1-3H3,(H,24,27). The number of benzene rings is 2. The van der Waals surface area contributed by atoms with Gasteiger partial charge in [-0.15, -0.1) is 10.2 Å². The minimum absolute atomic E-state index is 0.00675. The molecule has 2 aromatic carbocycles. The van der Waals surface area contributed by atoms with E-state index in [0.29, 0.717) is 22.9 Å². The fourth-order valence-electron chi connectivity index (χ4n) is 3.12. The molecule has 0 fully saturated rings. The third-order valence-corrected chi connectivity index (χ3v) is 8.25. The lowest BCUT2D eigenvalue weighted by Crippen LogP contribution is -2.25. The summed E-state index contributed by atoms with van der Waals surface area (Å²) in [6, 6.07) is 13.8. The predicted molar refractivity (Wildman–Crippen MR) is 130 cm³/mol. The Labute approximate surface area is 199 Å². The van der Waals surface area contributed by atoms with Crippen LogP contribution in [-0.4, -0.2) is 33.7 Å². The van der Waals surface area contributed by atoms with Crippen molar-refractivity contribution in [2.75, 3.05) is 11.9 Å². The Morgan fingerprint density at radius 2 is 1.88 bits per heavy atom. The van der Waals surface area contributed by atoms with Gasteiger partial charge < -0.3 is 10.1 Å². The van der Waals surface area contributed by atoms with Gasteiger partial charge in [-0.2, -0.15) is 0 Å². The van der Waals surface area contributed by atoms with Crippen molar-refractivity contribution in [3.05, 3.63) is 59.2 Å². The van der Waals surface area contributed by atoms with E-state index < -0.39 is 0 Å². The number of aromatic nitrogens is 2. The molecular weight excluding hydrogens is 462 g/mol. The molecule has 0 saturated carbocycles. The summed E-state index contributed by atoms with van der Waals surface area (Å²) >= 11 is 4.54. The maximum absolute atomic E-state index is 12.9. The molecule has 0 aliphatic carbocycles. The highest BCUT2D eigenvalue weighted by molar-refractivity contribution is 8.03. The number of rotatable bonds is 8. The molecule has 1 unspecified atom stereocenters. The molecule has 1 amide bonds. The van der Waals surface area contributed by atoms with E-state index in [1.165, 1.54) is 34.2 Å². The van der Waals surface area contributed by atoms with Gasteiger partial charge in [0, 0.05) is 11.3 Å². The summed E-state index contributed by atoms with van der Waals surface area (Å²) in [5, 5.41) is 10.9. The number of fused-ring (bicyclic) bond motifs is 1. The summed E-state index contributed by atoms with van der Waals surface area (Å²) in [6.07, 6.45) is 0. The molecule has 1 aliphatic rings. The smallest absolute Gasteiger partial charge is 0.262 e. The fourth-order valence-corrected chi connectivity index (χ4v) is 6.32. The summed E-state index contributed by atoms with van der Waals surface area (Å²) in [4.78, 5) is 24.4. The largest absolute Gasteiger partial charge is 0.482 e. The summed E-state index contributed by atoms with van der Waals surface area (Å²) in [6.45, 7) is 6.22. The zero-order chi connectivity index (χ0) is 22.7. The summed E-state index contributed by atoms with van der Waals surface area (Å²) in [5.74, 6) is 1.67. The number of carbonyl (C=O) groups is 2. The number of hydrogen-bond donors (Lipinski definition) is 1. The van der Waals surface area contributed by atoms with Crippen LogP contribution in [0.25, 0.3) is 0 Å². The van der Waals surface area contributed by atoms with E-state index in [0.717, 1.165) is 14.4 Å². The predicted octanol–water partition coefficient (Wildman–Crippen LogP) is 5.65. The van der Waals surface area contributed by atoms with E-state index in [1.54, 1.807) is 30.0 Å². The van der Waals surface area contributed by atoms with Gasteiger partial charge in [-0.25, -0.2) is 0 Å². The number of amides is 1. The van der Waals surface area contributed by atoms with E-state index in [2.05, 4.69) is 53.6 Å². The highest BCUT2D eigenvalue weighted by Crippen LogP contribution is 2.35. The van der Waals surface area contributed by atoms with Crippen molar-refractivity contribution in [2.24, 2.45) is 0 Å². The van der Waals surface area contributed by atoms with E-state index >= 15 is 0 Å². The minimum atomic E-state index is -0.331. The van der Waals surface area contributed by atoms with Crippen LogP contribution in [0.4, 0.5) is 5.69 Å². The van der Waals surface area contributed by atoms with Crippen molar-refractivity contribution in [3.63, 3.8) is 0 Å². The fraction of sp³-hybridized carbons (Fsp3) is 0.304. The number of nitrogens with one attached hydrogen (secondary N) is 1. The van der Waals surface area contributed by atoms with Crippen LogP contribution >= 0.6 is 34.9 Å². The molecule has 2 heterocycles. The zero-order valence-corrected chi connectivity index (χ0v) is 20.4. The molecule has 1 atom stereocenters. The van der Waals surface area contributed by atoms with Crippen LogP contribution in [0.5, 0.6) is 5.75 Å². The molecule has 0 spiro atoms. The lowest BCUT2D eigenvalue weighted by Gasteiger charge is -2.18. The lowest BCUT2D eigenvalue weighted by molar-refractivity contribution is -0.118. The molecule has 4 rings (SSSR count). The number of nitrogens with zero attached hydrogens (tertiary/aromatic N) is 2. The van der Waals surface area contributed by atoms with Crippen molar-refractivity contribution in [2.45, 2.75) is 46.4 Å². The maximum Gasteiger partial charge on any atom is 0.262 e. The summed E-state index contributed by atoms with van der Waals surface area (Å²) < 4.78 is 7.00. The Balaban J connectivity index is 1.34. The zero-order valence-electron chi connectivity index (χ0n) is 18.0. The topological polar surface area (TPSA) is 81.2 Å². The van der Waals surface area contributed by atoms with Crippen LogP contribution in [-0.2, 0) is 10.5 Å². The molecule has 3 aromatic rings. The number of thioether (sulfide) groups is 2. The number of anilines is 1. The van der Waals surface area contributed by atoms with Gasteiger partial charge in [0.1, 0.15) is 5.75 Å². The molecular formula is C23H23N3O3S3. The second kappa shape index (κ2) is 10.1. The molecule has 1 aliphatic heterocycles. The van der Waals surface area contributed by atoms with Crippen molar-refractivity contribution in [1.82, 2.24) is 10.2 Å². The quantitative estimate of drug-likeness (QED) is 0.326. The Bertz CT molecular complexity index is 1130. The van der Waals surface area contributed by atoms with Crippen molar-refractivity contribution in [3.8, 4) is 5.75 Å². The molecule has 0 saturated heterocycles. The number of carbonyl (C=O) groups excluding carboxylic acids is 2.